The van der Waals surface area contributed by atoms with Crippen LogP contribution in [0, 0.1) is 20.8 Å². The molecule has 0 aliphatic rings. The maximum absolute atomic E-state index is 12.5. The number of anilines is 1. The van der Waals surface area contributed by atoms with Gasteiger partial charge in [-0.1, -0.05) is 29.3 Å². The second-order valence-corrected chi connectivity index (χ2v) is 8.74. The number of nitrogens with one attached hydrogen (secondary N) is 2. The summed E-state index contributed by atoms with van der Waals surface area (Å²) in [5.74, 6) is 0.0576. The molecule has 8 heteroatoms. The van der Waals surface area contributed by atoms with Gasteiger partial charge in [-0.05, 0) is 92.1 Å². The van der Waals surface area contributed by atoms with E-state index in [9.17, 15) is 4.79 Å². The van der Waals surface area contributed by atoms with Crippen LogP contribution in [0.15, 0.2) is 52.9 Å². The van der Waals surface area contributed by atoms with Crippen molar-refractivity contribution >= 4 is 63.2 Å². The Morgan fingerprint density at radius 1 is 0.969 bits per heavy atom. The summed E-state index contributed by atoms with van der Waals surface area (Å²) < 4.78 is 5.97. The van der Waals surface area contributed by atoms with Crippen molar-refractivity contribution in [2.24, 2.45) is 0 Å². The fourth-order valence-corrected chi connectivity index (χ4v) is 3.77. The van der Waals surface area contributed by atoms with Gasteiger partial charge in [0.25, 0.3) is 5.91 Å². The zero-order valence-corrected chi connectivity index (χ0v) is 19.9. The van der Waals surface area contributed by atoms with Crippen molar-refractivity contribution in [3.05, 3.63) is 80.8 Å². The van der Waals surface area contributed by atoms with E-state index in [1.807, 2.05) is 51.1 Å². The molecule has 0 bridgehead atoms. The number of halogens is 2. The number of carbonyl (C=O) groups excluding carboxylic acids is 1. The Labute approximate surface area is 200 Å². The fourth-order valence-electron chi connectivity index (χ4n) is 3.19. The normalized spacial score (nSPS) is 10.9. The highest BCUT2D eigenvalue weighted by atomic mass is 35.5. The van der Waals surface area contributed by atoms with Crippen molar-refractivity contribution < 1.29 is 9.21 Å². The average molecular weight is 484 g/mol. The van der Waals surface area contributed by atoms with E-state index in [0.29, 0.717) is 10.9 Å². The van der Waals surface area contributed by atoms with Crippen LogP contribution in [0.4, 0.5) is 5.69 Å². The Balaban J connectivity index is 1.56. The molecule has 0 saturated carbocycles. The zero-order chi connectivity index (χ0) is 23.0. The van der Waals surface area contributed by atoms with Crippen LogP contribution in [0.5, 0.6) is 0 Å². The first-order valence-corrected chi connectivity index (χ1v) is 10.9. The molecular weight excluding hydrogens is 465 g/mol. The first-order valence-electron chi connectivity index (χ1n) is 9.77. The number of rotatable bonds is 3. The van der Waals surface area contributed by atoms with Crippen molar-refractivity contribution in [3.8, 4) is 11.5 Å². The van der Waals surface area contributed by atoms with E-state index < -0.39 is 5.91 Å². The minimum Gasteiger partial charge on any atom is -0.436 e. The van der Waals surface area contributed by atoms with E-state index in [-0.39, 0.29) is 15.7 Å². The monoisotopic (exact) mass is 483 g/mol. The summed E-state index contributed by atoms with van der Waals surface area (Å²) >= 11 is 17.4. The third-order valence-corrected chi connectivity index (χ3v) is 5.91. The van der Waals surface area contributed by atoms with E-state index in [0.717, 1.165) is 39.0 Å². The maximum atomic E-state index is 12.5. The predicted octanol–water partition coefficient (Wildman–Crippen LogP) is 6.85. The van der Waals surface area contributed by atoms with Gasteiger partial charge < -0.3 is 9.73 Å². The summed E-state index contributed by atoms with van der Waals surface area (Å²) in [4.78, 5) is 17.2. The lowest BCUT2D eigenvalue weighted by Gasteiger charge is -2.13. The molecule has 1 amide bonds. The first kappa shape index (κ1) is 22.3. The molecule has 4 rings (SSSR count). The Hall–Kier alpha value is -2.93. The van der Waals surface area contributed by atoms with Crippen molar-refractivity contribution in [2.75, 3.05) is 5.32 Å². The minimum atomic E-state index is -0.450. The predicted molar refractivity (Wildman–Crippen MR) is 134 cm³/mol. The third-order valence-electron chi connectivity index (χ3n) is 5.14. The molecule has 0 aliphatic heterocycles. The molecule has 0 saturated heterocycles. The molecule has 0 unspecified atom stereocenters. The molecule has 2 N–H and O–H groups in total. The van der Waals surface area contributed by atoms with Crippen LogP contribution < -0.4 is 10.6 Å². The van der Waals surface area contributed by atoms with Gasteiger partial charge in [0.2, 0.25) is 5.89 Å². The van der Waals surface area contributed by atoms with Gasteiger partial charge in [0.1, 0.15) is 5.52 Å². The van der Waals surface area contributed by atoms with Crippen molar-refractivity contribution in [1.82, 2.24) is 10.3 Å². The first-order chi connectivity index (χ1) is 15.2. The van der Waals surface area contributed by atoms with Gasteiger partial charge in [-0.15, -0.1) is 0 Å². The molecule has 0 fully saturated rings. The molecule has 32 heavy (non-hydrogen) atoms. The number of fused-ring (bicyclic) bond motifs is 1. The van der Waals surface area contributed by atoms with E-state index in [1.165, 1.54) is 6.07 Å². The highest BCUT2D eigenvalue weighted by molar-refractivity contribution is 7.80. The van der Waals surface area contributed by atoms with Gasteiger partial charge in [-0.3, -0.25) is 10.1 Å². The summed E-state index contributed by atoms with van der Waals surface area (Å²) in [6.07, 6.45) is 0. The second-order valence-electron chi connectivity index (χ2n) is 7.49. The average Bonchev–Trinajstić information content (AvgIpc) is 3.14. The van der Waals surface area contributed by atoms with Gasteiger partial charge in [-0.2, -0.15) is 0 Å². The number of thiocarbonyl (C=S) groups is 1. The SMILES string of the molecule is Cc1cc2nc(-c3ccc(C)c(NC(=S)NC(=O)c4cc(Cl)ccc4Cl)c3)oc2cc1C. The van der Waals surface area contributed by atoms with Crippen LogP contribution >= 0.6 is 35.4 Å². The Morgan fingerprint density at radius 3 is 2.50 bits per heavy atom. The van der Waals surface area contributed by atoms with Crippen molar-refractivity contribution in [2.45, 2.75) is 20.8 Å². The molecule has 162 valence electrons. The largest absolute Gasteiger partial charge is 0.436 e. The fraction of sp³-hybridized carbons (Fsp3) is 0.125. The number of hydrogen-bond donors (Lipinski definition) is 2. The number of amides is 1. The number of benzene rings is 3. The van der Waals surface area contributed by atoms with Gasteiger partial charge >= 0.3 is 0 Å². The number of hydrogen-bond acceptors (Lipinski definition) is 4. The number of nitrogens with zero attached hydrogens (tertiary/aromatic N) is 1. The van der Waals surface area contributed by atoms with Gasteiger partial charge in [0, 0.05) is 16.3 Å². The molecule has 1 heterocycles. The van der Waals surface area contributed by atoms with Gasteiger partial charge in [-0.25, -0.2) is 4.98 Å². The summed E-state index contributed by atoms with van der Waals surface area (Å²) in [5, 5.41) is 6.52. The zero-order valence-electron chi connectivity index (χ0n) is 17.5. The van der Waals surface area contributed by atoms with Crippen LogP contribution in [0.25, 0.3) is 22.6 Å². The topological polar surface area (TPSA) is 67.2 Å². The summed E-state index contributed by atoms with van der Waals surface area (Å²) in [7, 11) is 0. The van der Waals surface area contributed by atoms with Crippen LogP contribution in [-0.2, 0) is 0 Å². The highest BCUT2D eigenvalue weighted by Crippen LogP contribution is 2.29. The molecule has 3 aromatic carbocycles. The Bertz CT molecular complexity index is 1340. The van der Waals surface area contributed by atoms with E-state index in [1.54, 1.807) is 12.1 Å². The number of oxazole rings is 1. The number of aromatic nitrogens is 1. The second kappa shape index (κ2) is 8.90. The molecule has 0 aliphatic carbocycles. The molecule has 5 nitrogen and oxygen atoms in total. The van der Waals surface area contributed by atoms with Gasteiger partial charge in [0.05, 0.1) is 10.6 Å². The minimum absolute atomic E-state index is 0.134. The van der Waals surface area contributed by atoms with Crippen LogP contribution in [0.2, 0.25) is 10.0 Å². The quantitative estimate of drug-likeness (QED) is 0.311. The molecule has 0 radical (unpaired) electrons. The van der Waals surface area contributed by atoms with Crippen LogP contribution in [0.3, 0.4) is 0 Å². The molecular formula is C24H19Cl2N3O2S. The maximum Gasteiger partial charge on any atom is 0.258 e. The lowest BCUT2D eigenvalue weighted by molar-refractivity contribution is 0.0978. The Kier molecular flexibility index (Phi) is 6.20. The van der Waals surface area contributed by atoms with Crippen LogP contribution in [-0.4, -0.2) is 16.0 Å². The summed E-state index contributed by atoms with van der Waals surface area (Å²) in [6.45, 7) is 6.02. The smallest absolute Gasteiger partial charge is 0.258 e. The summed E-state index contributed by atoms with van der Waals surface area (Å²) in [6, 6.07) is 14.4. The van der Waals surface area contributed by atoms with E-state index in [2.05, 4.69) is 15.6 Å². The van der Waals surface area contributed by atoms with Crippen molar-refractivity contribution in [1.29, 1.82) is 0 Å². The number of carbonyl (C=O) groups is 1. The number of aryl methyl sites for hydroxylation is 3. The highest BCUT2D eigenvalue weighted by Gasteiger charge is 2.15. The van der Waals surface area contributed by atoms with Crippen LogP contribution in [0.1, 0.15) is 27.0 Å². The summed E-state index contributed by atoms with van der Waals surface area (Å²) in [5.41, 5.74) is 6.53. The van der Waals surface area contributed by atoms with E-state index >= 15 is 0 Å². The lowest BCUT2D eigenvalue weighted by Crippen LogP contribution is -2.34. The standard InChI is InChI=1S/C24H19Cl2N3O2S/c1-12-4-5-15(23-27-20-8-13(2)14(3)9-21(20)31-23)10-19(12)28-24(32)29-22(30)17-11-16(25)6-7-18(17)26/h4-11H,1-3H3,(H2,28,29,30,32). The Morgan fingerprint density at radius 2 is 1.72 bits per heavy atom. The third kappa shape index (κ3) is 4.63. The van der Waals surface area contributed by atoms with Crippen molar-refractivity contribution in [3.63, 3.8) is 0 Å². The van der Waals surface area contributed by atoms with Gasteiger partial charge in [0.15, 0.2) is 10.7 Å². The molecule has 4 aromatic rings. The molecule has 1 aromatic heterocycles. The molecule has 0 spiro atoms. The van der Waals surface area contributed by atoms with E-state index in [4.69, 9.17) is 39.8 Å². The lowest BCUT2D eigenvalue weighted by atomic mass is 10.1. The molecule has 0 atom stereocenters.